The molecule has 5 heteroatoms. The Morgan fingerprint density at radius 2 is 1.00 bits per heavy atom. The molecule has 0 bridgehead atoms. The van der Waals surface area contributed by atoms with E-state index in [2.05, 4.69) is 0 Å². The third kappa shape index (κ3) is 25.6. The summed E-state index contributed by atoms with van der Waals surface area (Å²) in [6.07, 6.45) is 0. The predicted octanol–water partition coefficient (Wildman–Crippen LogP) is 2.98. The first-order valence-electron chi connectivity index (χ1n) is 0.478. The zero-order chi connectivity index (χ0) is 4.50. The molecule has 0 atom stereocenters. The Balaban J connectivity index is -0.0000000800. The van der Waals surface area contributed by atoms with E-state index in [4.69, 9.17) is 38.1 Å². The van der Waals surface area contributed by atoms with E-state index in [1.807, 2.05) is 0 Å². The molecule has 0 fully saturated rings. The molecule has 0 aromatic carbocycles. The van der Waals surface area contributed by atoms with E-state index in [1.165, 1.54) is 0 Å². The molecule has 0 amide bonds. The van der Waals surface area contributed by atoms with Gasteiger partial charge >= 0.3 is 52.4 Å². The fraction of sp³-hybridized carbons (Fsp3) is 0. The molecule has 0 spiro atoms. The second kappa shape index (κ2) is 2.21. The zero-order valence-corrected chi connectivity index (χ0v) is 6.41. The standard InChI is InChI=1S/4ClH.Pd/h4*1H;/q;;;;+4/p-2. The van der Waals surface area contributed by atoms with Crippen molar-refractivity contribution in [3.8, 4) is 0 Å². The van der Waals surface area contributed by atoms with E-state index in [0.29, 0.717) is 0 Å². The molecule has 0 aromatic rings. The Kier molecular flexibility index (Phi) is 3.02. The average molecular weight is 250 g/mol. The second-order valence-corrected chi connectivity index (χ2v) is 14.4. The molecule has 38 valence electrons. The number of hydrogen-bond acceptors (Lipinski definition) is 0. The molecule has 0 saturated heterocycles. The van der Waals surface area contributed by atoms with Gasteiger partial charge in [-0.1, -0.05) is 0 Å². The summed E-state index contributed by atoms with van der Waals surface area (Å²) in [6.45, 7) is 0. The van der Waals surface area contributed by atoms with Crippen LogP contribution >= 0.6 is 38.1 Å². The summed E-state index contributed by atoms with van der Waals surface area (Å²) < 4.78 is 0. The summed E-state index contributed by atoms with van der Waals surface area (Å²) in [5.41, 5.74) is 0. The minimum absolute atomic E-state index is 0. The van der Waals surface area contributed by atoms with Crippen molar-refractivity contribution in [2.75, 3.05) is 0 Å². The van der Waals surface area contributed by atoms with Crippen LogP contribution in [-0.2, 0) is 11.5 Å². The molecule has 0 N–H and O–H groups in total. The van der Waals surface area contributed by atoms with Crippen LogP contribution < -0.4 is 0 Å². The molecule has 0 nitrogen and oxygen atoms in total. The van der Waals surface area contributed by atoms with Crippen molar-refractivity contribution in [1.29, 1.82) is 0 Å². The van der Waals surface area contributed by atoms with Gasteiger partial charge in [-0.05, 0) is 0 Å². The summed E-state index contributed by atoms with van der Waals surface area (Å²) >= 11 is -2.81. The molecule has 5 heavy (non-hydrogen) atoms. The predicted molar refractivity (Wildman–Crippen MR) is 25.6 cm³/mol. The Morgan fingerprint density at radius 1 is 1.00 bits per heavy atom. The topological polar surface area (TPSA) is 0 Å². The molecule has 0 unspecified atom stereocenters. The van der Waals surface area contributed by atoms with Gasteiger partial charge in [0.05, 0.1) is 0 Å². The van der Waals surface area contributed by atoms with Crippen LogP contribution in [0.15, 0.2) is 0 Å². The maximum absolute atomic E-state index is 4.98. The van der Waals surface area contributed by atoms with Crippen LogP contribution in [0.2, 0.25) is 0 Å². The summed E-state index contributed by atoms with van der Waals surface area (Å²) in [6, 6.07) is 0. The van der Waals surface area contributed by atoms with Crippen LogP contribution in [0.1, 0.15) is 2.85 Å². The zero-order valence-electron chi connectivity index (χ0n) is 3.83. The third-order valence-electron chi connectivity index (χ3n) is 0. The second-order valence-electron chi connectivity index (χ2n) is 0.271. The first-order chi connectivity index (χ1) is 2.00. The van der Waals surface area contributed by atoms with E-state index >= 15 is 0 Å². The van der Waals surface area contributed by atoms with E-state index in [-0.39, 0.29) is 2.85 Å². The Labute approximate surface area is 52.3 Å². The first-order valence-corrected chi connectivity index (χ1v) is 8.49. The summed E-state index contributed by atoms with van der Waals surface area (Å²) in [5, 5.41) is 0. The van der Waals surface area contributed by atoms with Gasteiger partial charge in [0.15, 0.2) is 0 Å². The fourth-order valence-corrected chi connectivity index (χ4v) is 0. The maximum Gasteiger partial charge on any atom is 1.00 e. The molecule has 0 saturated carbocycles. The molecule has 0 heterocycles. The van der Waals surface area contributed by atoms with Gasteiger partial charge in [-0.3, -0.25) is 0 Å². The van der Waals surface area contributed by atoms with Gasteiger partial charge in [0, 0.05) is 0 Å². The van der Waals surface area contributed by atoms with Gasteiger partial charge in [0.1, 0.15) is 0 Å². The van der Waals surface area contributed by atoms with Crippen LogP contribution in [0, 0.1) is 0 Å². The van der Waals surface area contributed by atoms with E-state index < -0.39 is 11.5 Å². The Bertz CT molecular complexity index is 25.2. The first kappa shape index (κ1) is 6.82. The SMILES string of the molecule is [Cl][Pd]([Cl])([Cl])[Cl].[H+].[H+]. The molecule has 0 aliphatic rings. The monoisotopic (exact) mass is 248 g/mol. The summed E-state index contributed by atoms with van der Waals surface area (Å²) in [7, 11) is 19.9. The van der Waals surface area contributed by atoms with Crippen molar-refractivity contribution < 1.29 is 14.3 Å². The molecule has 0 aliphatic carbocycles. The van der Waals surface area contributed by atoms with Crippen molar-refractivity contribution in [1.82, 2.24) is 0 Å². The molecule has 0 radical (unpaired) electrons. The van der Waals surface area contributed by atoms with Crippen molar-refractivity contribution >= 4 is 38.1 Å². The van der Waals surface area contributed by atoms with E-state index in [9.17, 15) is 0 Å². The van der Waals surface area contributed by atoms with Crippen LogP contribution in [0.5, 0.6) is 0 Å². The van der Waals surface area contributed by atoms with Crippen molar-refractivity contribution in [2.45, 2.75) is 0 Å². The van der Waals surface area contributed by atoms with Crippen molar-refractivity contribution in [3.63, 3.8) is 0 Å². The molecule has 0 rings (SSSR count). The normalized spacial score (nSPS) is 15.2. The molecule has 0 aliphatic heterocycles. The number of halogens is 4. The van der Waals surface area contributed by atoms with Gasteiger partial charge in [0.25, 0.3) is 0 Å². The van der Waals surface area contributed by atoms with Crippen LogP contribution in [0.25, 0.3) is 0 Å². The largest absolute Gasteiger partial charge is 1.00 e. The van der Waals surface area contributed by atoms with Crippen LogP contribution in [0.4, 0.5) is 0 Å². The maximum atomic E-state index is 4.98. The van der Waals surface area contributed by atoms with Gasteiger partial charge in [-0.25, -0.2) is 0 Å². The van der Waals surface area contributed by atoms with Crippen molar-refractivity contribution in [2.24, 2.45) is 0 Å². The number of rotatable bonds is 0. The van der Waals surface area contributed by atoms with Gasteiger partial charge in [0.2, 0.25) is 0 Å². The van der Waals surface area contributed by atoms with Crippen LogP contribution in [-0.4, -0.2) is 0 Å². The fourth-order valence-electron chi connectivity index (χ4n) is 0. The van der Waals surface area contributed by atoms with E-state index in [0.717, 1.165) is 0 Å². The molecular formula is H2Cl4Pd+2. The minimum atomic E-state index is -2.81. The summed E-state index contributed by atoms with van der Waals surface area (Å²) in [4.78, 5) is 0. The smallest absolute Gasteiger partial charge is 1.00 e. The quantitative estimate of drug-likeness (QED) is 0.580. The van der Waals surface area contributed by atoms with Crippen molar-refractivity contribution in [3.05, 3.63) is 0 Å². The van der Waals surface area contributed by atoms with Crippen LogP contribution in [0.3, 0.4) is 0 Å². The van der Waals surface area contributed by atoms with Gasteiger partial charge in [-0.15, -0.1) is 0 Å². The average Bonchev–Trinajstić information content (AvgIpc) is 0.722. The summed E-state index contributed by atoms with van der Waals surface area (Å²) in [5.74, 6) is 0. The van der Waals surface area contributed by atoms with Gasteiger partial charge in [-0.2, -0.15) is 0 Å². The van der Waals surface area contributed by atoms with Gasteiger partial charge < -0.3 is 0 Å². The molecular weight excluding hydrogens is 248 g/mol. The van der Waals surface area contributed by atoms with E-state index in [1.54, 1.807) is 0 Å². The molecule has 0 aromatic heterocycles. The number of hydrogen-bond donors (Lipinski definition) is 0. The Morgan fingerprint density at radius 3 is 1.00 bits per heavy atom. The minimum Gasteiger partial charge on any atom is 1.00 e. The Hall–Kier alpha value is 1.82. The third-order valence-corrected chi connectivity index (χ3v) is 0.